The van der Waals surface area contributed by atoms with Crippen LogP contribution >= 0.6 is 0 Å². The lowest BCUT2D eigenvalue weighted by atomic mass is 10.0. The minimum Gasteiger partial charge on any atom is -0.496 e. The van der Waals surface area contributed by atoms with E-state index in [4.69, 9.17) is 9.15 Å². The highest BCUT2D eigenvalue weighted by molar-refractivity contribution is 6.01. The molecule has 0 saturated carbocycles. The fraction of sp³-hybridized carbons (Fsp3) is 0.455. The highest BCUT2D eigenvalue weighted by Gasteiger charge is 2.15. The van der Waals surface area contributed by atoms with Gasteiger partial charge in [0, 0.05) is 12.1 Å². The zero-order valence-corrected chi connectivity index (χ0v) is 17.2. The van der Waals surface area contributed by atoms with E-state index in [1.165, 1.54) is 19.3 Å². The number of aryl methyl sites for hydroxylation is 2. The van der Waals surface area contributed by atoms with Crippen LogP contribution in [-0.4, -0.2) is 36.7 Å². The Labute approximate surface area is 166 Å². The number of hydrogen-bond donors (Lipinski definition) is 1. The Kier molecular flexibility index (Phi) is 6.52. The van der Waals surface area contributed by atoms with Gasteiger partial charge in [0.25, 0.3) is 5.91 Å². The average Bonchev–Trinajstić information content (AvgIpc) is 3.04. The molecule has 0 atom stereocenters. The van der Waals surface area contributed by atoms with E-state index in [-0.39, 0.29) is 5.91 Å². The first kappa shape index (κ1) is 20.1. The molecular formula is C22H29N3O3. The molecule has 6 heteroatoms. The van der Waals surface area contributed by atoms with Crippen molar-refractivity contribution in [3.8, 4) is 5.75 Å². The van der Waals surface area contributed by atoms with Gasteiger partial charge in [-0.15, -0.1) is 0 Å². The molecule has 3 rings (SSSR count). The molecule has 1 aliphatic heterocycles. The molecule has 0 radical (unpaired) electrons. The number of carbonyl (C=O) groups excluding carboxylic acids is 1. The molecule has 0 bridgehead atoms. The van der Waals surface area contributed by atoms with Crippen LogP contribution in [0.4, 0.5) is 0 Å². The van der Waals surface area contributed by atoms with E-state index in [2.05, 4.69) is 21.5 Å². The van der Waals surface area contributed by atoms with Crippen LogP contribution in [0.25, 0.3) is 0 Å². The number of hydrazone groups is 1. The van der Waals surface area contributed by atoms with Gasteiger partial charge in [-0.3, -0.25) is 9.69 Å². The first-order chi connectivity index (χ1) is 13.5. The molecule has 0 unspecified atom stereocenters. The average molecular weight is 383 g/mol. The van der Waals surface area contributed by atoms with Gasteiger partial charge in [-0.25, -0.2) is 5.43 Å². The monoisotopic (exact) mass is 383 g/mol. The van der Waals surface area contributed by atoms with E-state index >= 15 is 0 Å². The van der Waals surface area contributed by atoms with Crippen molar-refractivity contribution >= 4 is 11.6 Å². The molecule has 150 valence electrons. The van der Waals surface area contributed by atoms with Crippen molar-refractivity contribution in [3.05, 3.63) is 52.5 Å². The van der Waals surface area contributed by atoms with Gasteiger partial charge in [0.1, 0.15) is 17.3 Å². The Balaban J connectivity index is 1.74. The number of hydrogen-bond acceptors (Lipinski definition) is 5. The number of amides is 1. The second kappa shape index (κ2) is 9.06. The second-order valence-corrected chi connectivity index (χ2v) is 7.33. The van der Waals surface area contributed by atoms with Crippen LogP contribution in [0.5, 0.6) is 5.75 Å². The van der Waals surface area contributed by atoms with Crippen molar-refractivity contribution in [1.29, 1.82) is 0 Å². The van der Waals surface area contributed by atoms with Crippen molar-refractivity contribution in [2.24, 2.45) is 5.10 Å². The van der Waals surface area contributed by atoms with Crippen LogP contribution in [0.15, 0.2) is 33.8 Å². The predicted molar refractivity (Wildman–Crippen MR) is 110 cm³/mol. The fourth-order valence-electron chi connectivity index (χ4n) is 3.60. The van der Waals surface area contributed by atoms with Gasteiger partial charge in [0.05, 0.1) is 18.4 Å². The maximum absolute atomic E-state index is 12.3. The van der Waals surface area contributed by atoms with Gasteiger partial charge in [-0.2, -0.15) is 5.10 Å². The fourth-order valence-corrected chi connectivity index (χ4v) is 3.60. The molecule has 2 aromatic rings. The Morgan fingerprint density at radius 3 is 2.61 bits per heavy atom. The van der Waals surface area contributed by atoms with Gasteiger partial charge in [0.15, 0.2) is 0 Å². The van der Waals surface area contributed by atoms with Crippen LogP contribution in [0.1, 0.15) is 59.2 Å². The smallest absolute Gasteiger partial charge is 0.274 e. The minimum atomic E-state index is -0.268. The molecule has 2 heterocycles. The topological polar surface area (TPSA) is 67.1 Å². The molecule has 1 saturated heterocycles. The predicted octanol–water partition coefficient (Wildman–Crippen LogP) is 4.04. The maximum Gasteiger partial charge on any atom is 0.274 e. The highest BCUT2D eigenvalue weighted by Crippen LogP contribution is 2.23. The summed E-state index contributed by atoms with van der Waals surface area (Å²) in [5.41, 5.74) is 5.99. The van der Waals surface area contributed by atoms with E-state index in [9.17, 15) is 4.79 Å². The van der Waals surface area contributed by atoms with E-state index < -0.39 is 0 Å². The summed E-state index contributed by atoms with van der Waals surface area (Å²) < 4.78 is 11.0. The number of benzene rings is 1. The summed E-state index contributed by atoms with van der Waals surface area (Å²) in [7, 11) is 1.70. The Hall–Kier alpha value is -2.60. The summed E-state index contributed by atoms with van der Waals surface area (Å²) >= 11 is 0. The summed E-state index contributed by atoms with van der Waals surface area (Å²) in [6, 6.07) is 7.76. The maximum atomic E-state index is 12.3. The number of nitrogens with one attached hydrogen (secondary N) is 1. The zero-order valence-electron chi connectivity index (χ0n) is 17.2. The Morgan fingerprint density at radius 2 is 1.96 bits per heavy atom. The van der Waals surface area contributed by atoms with Crippen molar-refractivity contribution in [3.63, 3.8) is 0 Å². The molecular weight excluding hydrogens is 354 g/mol. The molecule has 1 N–H and O–H groups in total. The van der Waals surface area contributed by atoms with Gasteiger partial charge in [-0.05, 0) is 76.5 Å². The lowest BCUT2D eigenvalue weighted by molar-refractivity contribution is 0.0953. The largest absolute Gasteiger partial charge is 0.496 e. The minimum absolute atomic E-state index is 0.268. The molecule has 28 heavy (non-hydrogen) atoms. The quantitative estimate of drug-likeness (QED) is 0.604. The summed E-state index contributed by atoms with van der Waals surface area (Å²) in [4.78, 5) is 14.8. The number of methoxy groups -OCH3 is 1. The number of carbonyl (C=O) groups is 1. The van der Waals surface area contributed by atoms with Crippen LogP contribution in [-0.2, 0) is 6.54 Å². The van der Waals surface area contributed by atoms with E-state index in [1.807, 2.05) is 26.0 Å². The van der Waals surface area contributed by atoms with Crippen LogP contribution in [0, 0.1) is 13.8 Å². The van der Waals surface area contributed by atoms with Gasteiger partial charge < -0.3 is 9.15 Å². The standard InChI is InChI=1S/C22H29N3O3/c1-15-12-20(17(3)28-15)22(26)24-23-16(2)18-8-9-21(27-4)19(13-18)14-25-10-6-5-7-11-25/h8-9,12-13H,5-7,10-11,14H2,1-4H3,(H,24,26)/b23-16-. The molecule has 1 aromatic heterocycles. The number of rotatable bonds is 6. The van der Waals surface area contributed by atoms with Crippen molar-refractivity contribution in [2.75, 3.05) is 20.2 Å². The van der Waals surface area contributed by atoms with Crippen molar-refractivity contribution in [2.45, 2.75) is 46.6 Å². The van der Waals surface area contributed by atoms with Gasteiger partial charge >= 0.3 is 0 Å². The molecule has 1 amide bonds. The summed E-state index contributed by atoms with van der Waals surface area (Å²) in [5, 5.41) is 4.29. The summed E-state index contributed by atoms with van der Waals surface area (Å²) in [6.45, 7) is 8.60. The lowest BCUT2D eigenvalue weighted by Gasteiger charge is -2.27. The third kappa shape index (κ3) is 4.81. The van der Waals surface area contributed by atoms with Crippen LogP contribution < -0.4 is 10.2 Å². The number of likely N-dealkylation sites (tertiary alicyclic amines) is 1. The van der Waals surface area contributed by atoms with Crippen molar-refractivity contribution in [1.82, 2.24) is 10.3 Å². The molecule has 0 aliphatic carbocycles. The zero-order chi connectivity index (χ0) is 20.1. The molecule has 6 nitrogen and oxygen atoms in total. The van der Waals surface area contributed by atoms with Crippen LogP contribution in [0.3, 0.4) is 0 Å². The van der Waals surface area contributed by atoms with Crippen LogP contribution in [0.2, 0.25) is 0 Å². The molecule has 1 aliphatic rings. The Bertz CT molecular complexity index is 864. The first-order valence-corrected chi connectivity index (χ1v) is 9.79. The molecule has 1 fully saturated rings. The van der Waals surface area contributed by atoms with Gasteiger partial charge in [-0.1, -0.05) is 6.42 Å². The normalized spacial score (nSPS) is 15.5. The molecule has 0 spiro atoms. The van der Waals surface area contributed by atoms with Gasteiger partial charge in [0.2, 0.25) is 0 Å². The lowest BCUT2D eigenvalue weighted by Crippen LogP contribution is -2.29. The number of furan rings is 1. The second-order valence-electron chi connectivity index (χ2n) is 7.33. The summed E-state index contributed by atoms with van der Waals surface area (Å²) in [6.07, 6.45) is 3.82. The third-order valence-corrected chi connectivity index (χ3v) is 5.15. The summed E-state index contributed by atoms with van der Waals surface area (Å²) in [5.74, 6) is 1.92. The number of nitrogens with zero attached hydrogens (tertiary/aromatic N) is 2. The Morgan fingerprint density at radius 1 is 1.21 bits per heavy atom. The van der Waals surface area contributed by atoms with E-state index in [0.717, 1.165) is 42.2 Å². The van der Waals surface area contributed by atoms with E-state index in [1.54, 1.807) is 20.1 Å². The van der Waals surface area contributed by atoms with Crippen molar-refractivity contribution < 1.29 is 13.9 Å². The highest BCUT2D eigenvalue weighted by atomic mass is 16.5. The third-order valence-electron chi connectivity index (χ3n) is 5.15. The number of piperidine rings is 1. The number of ether oxygens (including phenoxy) is 1. The van der Waals surface area contributed by atoms with E-state index in [0.29, 0.717) is 17.1 Å². The first-order valence-electron chi connectivity index (χ1n) is 9.79. The molecule has 1 aromatic carbocycles. The SMILES string of the molecule is COc1ccc(/C(C)=N\NC(=O)c2cc(C)oc2C)cc1CN1CCCCC1.